The maximum absolute atomic E-state index is 14.0. The van der Waals surface area contributed by atoms with Crippen molar-refractivity contribution >= 4 is 5.91 Å². The molecule has 9 heteroatoms. The van der Waals surface area contributed by atoms with Crippen molar-refractivity contribution in [2.75, 3.05) is 13.1 Å². The number of hydrogen-bond donors (Lipinski definition) is 0. The molecule has 1 fully saturated rings. The number of rotatable bonds is 4. The summed E-state index contributed by atoms with van der Waals surface area (Å²) >= 11 is 0. The molecule has 0 spiro atoms. The standard InChI is InChI=1S/C23H19F2N5O2/c24-18-7-3-5-15(11-18)21-27-22(32-28-21)16-6-4-10-29(13-16)23(31)17-12-26-30(14-17)20-9-2-1-8-19(20)25/h1-3,5,7-9,11-12,14,16H,4,6,10,13H2. The van der Waals surface area contributed by atoms with Gasteiger partial charge in [-0.05, 0) is 37.1 Å². The molecule has 162 valence electrons. The molecule has 4 aromatic rings. The minimum absolute atomic E-state index is 0.121. The lowest BCUT2D eigenvalue weighted by molar-refractivity contribution is 0.0695. The van der Waals surface area contributed by atoms with E-state index in [9.17, 15) is 13.6 Å². The van der Waals surface area contributed by atoms with E-state index in [1.165, 1.54) is 35.3 Å². The maximum Gasteiger partial charge on any atom is 0.257 e. The van der Waals surface area contributed by atoms with E-state index in [4.69, 9.17) is 4.52 Å². The van der Waals surface area contributed by atoms with E-state index in [1.54, 1.807) is 35.2 Å². The summed E-state index contributed by atoms with van der Waals surface area (Å²) < 4.78 is 34.3. The highest BCUT2D eigenvalue weighted by Crippen LogP contribution is 2.28. The van der Waals surface area contributed by atoms with E-state index in [0.29, 0.717) is 35.9 Å². The predicted molar refractivity (Wildman–Crippen MR) is 111 cm³/mol. The quantitative estimate of drug-likeness (QED) is 0.480. The number of likely N-dealkylation sites (tertiary alicyclic amines) is 1. The number of nitrogens with zero attached hydrogens (tertiary/aromatic N) is 5. The number of carbonyl (C=O) groups excluding carboxylic acids is 1. The van der Waals surface area contributed by atoms with Crippen LogP contribution in [0.2, 0.25) is 0 Å². The molecule has 1 aliphatic heterocycles. The van der Waals surface area contributed by atoms with Crippen LogP contribution in [0.1, 0.15) is 35.0 Å². The van der Waals surface area contributed by atoms with Crippen molar-refractivity contribution in [2.45, 2.75) is 18.8 Å². The fourth-order valence-corrected chi connectivity index (χ4v) is 3.89. The highest BCUT2D eigenvalue weighted by atomic mass is 19.1. The third kappa shape index (κ3) is 3.89. The molecule has 0 bridgehead atoms. The molecule has 5 rings (SSSR count). The van der Waals surface area contributed by atoms with Crippen LogP contribution in [0.25, 0.3) is 17.1 Å². The summed E-state index contributed by atoms with van der Waals surface area (Å²) in [5, 5.41) is 8.11. The summed E-state index contributed by atoms with van der Waals surface area (Å²) in [4.78, 5) is 19.2. The van der Waals surface area contributed by atoms with Crippen molar-refractivity contribution in [2.24, 2.45) is 0 Å². The van der Waals surface area contributed by atoms with Gasteiger partial charge in [-0.15, -0.1) is 0 Å². The Morgan fingerprint density at radius 3 is 2.84 bits per heavy atom. The van der Waals surface area contributed by atoms with E-state index in [2.05, 4.69) is 15.2 Å². The van der Waals surface area contributed by atoms with Gasteiger partial charge >= 0.3 is 0 Å². The van der Waals surface area contributed by atoms with Gasteiger partial charge in [-0.3, -0.25) is 4.79 Å². The molecule has 0 saturated carbocycles. The minimum atomic E-state index is -0.418. The number of aromatic nitrogens is 4. The molecule has 1 amide bonds. The van der Waals surface area contributed by atoms with E-state index in [-0.39, 0.29) is 23.3 Å². The molecule has 2 aromatic carbocycles. The highest BCUT2D eigenvalue weighted by molar-refractivity contribution is 5.94. The van der Waals surface area contributed by atoms with Gasteiger partial charge in [0.25, 0.3) is 5.91 Å². The zero-order valence-electron chi connectivity index (χ0n) is 17.0. The average Bonchev–Trinajstić information content (AvgIpc) is 3.50. The van der Waals surface area contributed by atoms with Gasteiger partial charge in [-0.2, -0.15) is 10.1 Å². The van der Waals surface area contributed by atoms with Crippen LogP contribution < -0.4 is 0 Å². The Kier molecular flexibility index (Phi) is 5.22. The molecule has 1 aliphatic rings. The molecule has 32 heavy (non-hydrogen) atoms. The fourth-order valence-electron chi connectivity index (χ4n) is 3.89. The monoisotopic (exact) mass is 435 g/mol. The van der Waals surface area contributed by atoms with Crippen molar-refractivity contribution in [3.63, 3.8) is 0 Å². The lowest BCUT2D eigenvalue weighted by Crippen LogP contribution is -2.39. The Morgan fingerprint density at radius 2 is 2.00 bits per heavy atom. The van der Waals surface area contributed by atoms with E-state index in [1.807, 2.05) is 0 Å². The Bertz CT molecular complexity index is 1270. The second-order valence-corrected chi connectivity index (χ2v) is 7.68. The summed E-state index contributed by atoms with van der Waals surface area (Å²) in [5.74, 6) is -0.374. The average molecular weight is 435 g/mol. The largest absolute Gasteiger partial charge is 0.339 e. The zero-order valence-corrected chi connectivity index (χ0v) is 17.0. The number of benzene rings is 2. The number of hydrogen-bond acceptors (Lipinski definition) is 5. The molecule has 0 radical (unpaired) electrons. The summed E-state index contributed by atoms with van der Waals surface area (Å²) in [6.45, 7) is 1.000. The predicted octanol–water partition coefficient (Wildman–Crippen LogP) is 4.22. The van der Waals surface area contributed by atoms with Gasteiger partial charge in [-0.1, -0.05) is 29.4 Å². The first kappa shape index (κ1) is 20.0. The van der Waals surface area contributed by atoms with Gasteiger partial charge in [0.15, 0.2) is 0 Å². The smallest absolute Gasteiger partial charge is 0.257 e. The molecule has 1 unspecified atom stereocenters. The van der Waals surface area contributed by atoms with Crippen molar-refractivity contribution in [1.29, 1.82) is 0 Å². The van der Waals surface area contributed by atoms with Crippen LogP contribution in [-0.4, -0.2) is 43.8 Å². The number of halogens is 2. The summed E-state index contributed by atoms with van der Waals surface area (Å²) in [7, 11) is 0. The SMILES string of the molecule is O=C(c1cnn(-c2ccccc2F)c1)N1CCCC(c2nc(-c3cccc(F)c3)no2)C1. The zero-order chi connectivity index (χ0) is 22.1. The van der Waals surface area contributed by atoms with Crippen LogP contribution in [0, 0.1) is 11.6 Å². The topological polar surface area (TPSA) is 77.1 Å². The van der Waals surface area contributed by atoms with E-state index in [0.717, 1.165) is 12.8 Å². The van der Waals surface area contributed by atoms with Crippen LogP contribution in [0.3, 0.4) is 0 Å². The molecular formula is C23H19F2N5O2. The molecule has 0 N–H and O–H groups in total. The van der Waals surface area contributed by atoms with Crippen LogP contribution in [0.5, 0.6) is 0 Å². The van der Waals surface area contributed by atoms with Gasteiger partial charge in [0.2, 0.25) is 11.7 Å². The fraction of sp³-hybridized carbons (Fsp3) is 0.217. The van der Waals surface area contributed by atoms with E-state index < -0.39 is 5.82 Å². The normalized spacial score (nSPS) is 16.3. The Balaban J connectivity index is 1.31. The third-order valence-electron chi connectivity index (χ3n) is 5.51. The van der Waals surface area contributed by atoms with E-state index >= 15 is 0 Å². The summed E-state index contributed by atoms with van der Waals surface area (Å²) in [6, 6.07) is 12.2. The maximum atomic E-state index is 14.0. The molecular weight excluding hydrogens is 416 g/mol. The first-order valence-electron chi connectivity index (χ1n) is 10.3. The molecule has 3 heterocycles. The molecule has 7 nitrogen and oxygen atoms in total. The second-order valence-electron chi connectivity index (χ2n) is 7.68. The Labute approximate surface area is 182 Å². The minimum Gasteiger partial charge on any atom is -0.339 e. The molecule has 2 aromatic heterocycles. The van der Waals surface area contributed by atoms with Gasteiger partial charge in [0.1, 0.15) is 17.3 Å². The summed E-state index contributed by atoms with van der Waals surface area (Å²) in [5.41, 5.74) is 1.18. The first-order chi connectivity index (χ1) is 15.6. The molecule has 0 aliphatic carbocycles. The lowest BCUT2D eigenvalue weighted by atomic mass is 9.97. The number of carbonyl (C=O) groups is 1. The van der Waals surface area contributed by atoms with Gasteiger partial charge < -0.3 is 9.42 Å². The van der Waals surface area contributed by atoms with Gasteiger partial charge in [-0.25, -0.2) is 13.5 Å². The van der Waals surface area contributed by atoms with Gasteiger partial charge in [0.05, 0.1) is 17.7 Å². The van der Waals surface area contributed by atoms with Crippen LogP contribution in [0.4, 0.5) is 8.78 Å². The van der Waals surface area contributed by atoms with Crippen molar-refractivity contribution in [3.8, 4) is 17.1 Å². The number of piperidine rings is 1. The Hall–Kier alpha value is -3.88. The number of para-hydroxylation sites is 1. The van der Waals surface area contributed by atoms with Crippen molar-refractivity contribution < 1.29 is 18.1 Å². The Morgan fingerprint density at radius 1 is 1.12 bits per heavy atom. The van der Waals surface area contributed by atoms with Crippen LogP contribution in [-0.2, 0) is 0 Å². The lowest BCUT2D eigenvalue weighted by Gasteiger charge is -2.30. The second kappa shape index (κ2) is 8.33. The van der Waals surface area contributed by atoms with Crippen LogP contribution >= 0.6 is 0 Å². The first-order valence-corrected chi connectivity index (χ1v) is 10.3. The van der Waals surface area contributed by atoms with Crippen LogP contribution in [0.15, 0.2) is 65.4 Å². The summed E-state index contributed by atoms with van der Waals surface area (Å²) in [6.07, 6.45) is 4.53. The van der Waals surface area contributed by atoms with Crippen molar-refractivity contribution in [1.82, 2.24) is 24.8 Å². The number of amides is 1. The molecule has 1 saturated heterocycles. The highest BCUT2D eigenvalue weighted by Gasteiger charge is 2.30. The van der Waals surface area contributed by atoms with Gasteiger partial charge in [0, 0.05) is 24.8 Å². The molecule has 1 atom stereocenters. The third-order valence-corrected chi connectivity index (χ3v) is 5.51. The van der Waals surface area contributed by atoms with Crippen molar-refractivity contribution in [3.05, 3.63) is 84.0 Å².